The number of aryl methyl sites for hydroxylation is 1. The molecule has 0 aliphatic rings. The molecule has 3 aromatic heterocycles. The number of hydrogen-bond donors (Lipinski definition) is 2. The van der Waals surface area contributed by atoms with E-state index in [1.54, 1.807) is 6.07 Å². The third kappa shape index (κ3) is 3.25. The lowest BCUT2D eigenvalue weighted by atomic mass is 10.0. The number of aromatic nitrogens is 4. The van der Waals surface area contributed by atoms with E-state index >= 15 is 0 Å². The van der Waals surface area contributed by atoms with E-state index in [2.05, 4.69) is 61.9 Å². The number of nitrogens with one attached hydrogen (secondary N) is 2. The monoisotopic (exact) mass is 382 g/mol. The summed E-state index contributed by atoms with van der Waals surface area (Å²) in [7, 11) is 0. The molecule has 5 rings (SSSR count). The predicted molar refractivity (Wildman–Crippen MR) is 112 cm³/mol. The van der Waals surface area contributed by atoms with Crippen LogP contribution in [0.25, 0.3) is 33.7 Å². The van der Waals surface area contributed by atoms with Crippen LogP contribution in [-0.2, 0) is 6.42 Å². The van der Waals surface area contributed by atoms with Crippen molar-refractivity contribution in [2.45, 2.75) is 13.3 Å². The summed E-state index contributed by atoms with van der Waals surface area (Å²) in [6.07, 6.45) is 0.642. The molecule has 0 unspecified atom stereocenters. The number of rotatable bonds is 4. The summed E-state index contributed by atoms with van der Waals surface area (Å²) in [4.78, 5) is 22.1. The standard InChI is InChI=1S/C23H18N4O2/c1-14-10-11-17-18(21(25-20(17)12-14)15-6-3-2-4-7-15)13-16-8-5-9-19(24-16)22-26-23(28)29-27-22/h2-12,25H,13H2,1H3,(H,26,27,28). The highest BCUT2D eigenvalue weighted by Crippen LogP contribution is 2.32. The molecule has 0 aliphatic carbocycles. The second-order valence-corrected chi connectivity index (χ2v) is 7.03. The fraction of sp³-hybridized carbons (Fsp3) is 0.0870. The van der Waals surface area contributed by atoms with Crippen LogP contribution in [-0.4, -0.2) is 20.1 Å². The van der Waals surface area contributed by atoms with Crippen molar-refractivity contribution in [1.82, 2.24) is 20.1 Å². The summed E-state index contributed by atoms with van der Waals surface area (Å²) >= 11 is 0. The van der Waals surface area contributed by atoms with Crippen LogP contribution in [0.4, 0.5) is 0 Å². The van der Waals surface area contributed by atoms with Crippen LogP contribution < -0.4 is 5.76 Å². The molecule has 0 bridgehead atoms. The predicted octanol–water partition coefficient (Wildman–Crippen LogP) is 4.47. The molecule has 0 spiro atoms. The minimum Gasteiger partial charge on any atom is -0.354 e. The molecular weight excluding hydrogens is 364 g/mol. The molecule has 0 aliphatic heterocycles. The van der Waals surface area contributed by atoms with E-state index in [9.17, 15) is 4.79 Å². The molecule has 6 nitrogen and oxygen atoms in total. The molecule has 0 radical (unpaired) electrons. The second kappa shape index (κ2) is 6.91. The first kappa shape index (κ1) is 17.2. The maximum Gasteiger partial charge on any atom is 0.439 e. The molecule has 0 fully saturated rings. The van der Waals surface area contributed by atoms with Gasteiger partial charge in [0, 0.05) is 23.0 Å². The van der Waals surface area contributed by atoms with Crippen molar-refractivity contribution in [2.24, 2.45) is 0 Å². The molecule has 0 saturated carbocycles. The van der Waals surface area contributed by atoms with Crippen LogP contribution in [0.3, 0.4) is 0 Å². The van der Waals surface area contributed by atoms with Gasteiger partial charge in [0.05, 0.1) is 5.69 Å². The number of benzene rings is 2. The lowest BCUT2D eigenvalue weighted by molar-refractivity contribution is 0.387. The zero-order valence-corrected chi connectivity index (χ0v) is 15.8. The van der Waals surface area contributed by atoms with Gasteiger partial charge < -0.3 is 4.98 Å². The third-order valence-electron chi connectivity index (χ3n) is 4.97. The average Bonchev–Trinajstić information content (AvgIpc) is 3.32. The van der Waals surface area contributed by atoms with Gasteiger partial charge in [-0.15, -0.1) is 0 Å². The highest BCUT2D eigenvalue weighted by Gasteiger charge is 2.15. The van der Waals surface area contributed by atoms with Gasteiger partial charge in [0.2, 0.25) is 5.82 Å². The quantitative estimate of drug-likeness (QED) is 0.480. The molecule has 29 heavy (non-hydrogen) atoms. The molecule has 0 atom stereocenters. The minimum absolute atomic E-state index is 0.328. The second-order valence-electron chi connectivity index (χ2n) is 7.03. The van der Waals surface area contributed by atoms with Crippen LogP contribution in [0.1, 0.15) is 16.8 Å². The number of aromatic amines is 2. The number of pyridine rings is 1. The molecule has 3 heterocycles. The average molecular weight is 382 g/mol. The Kier molecular flexibility index (Phi) is 4.09. The van der Waals surface area contributed by atoms with Crippen molar-refractivity contribution in [3.63, 3.8) is 0 Å². The van der Waals surface area contributed by atoms with Gasteiger partial charge >= 0.3 is 5.76 Å². The zero-order chi connectivity index (χ0) is 19.8. The Morgan fingerprint density at radius 1 is 0.966 bits per heavy atom. The summed E-state index contributed by atoms with van der Waals surface area (Å²) in [6, 6.07) is 22.4. The first-order valence-corrected chi connectivity index (χ1v) is 9.36. The number of hydrogen-bond acceptors (Lipinski definition) is 4. The Morgan fingerprint density at radius 3 is 2.62 bits per heavy atom. The highest BCUT2D eigenvalue weighted by molar-refractivity contribution is 5.91. The van der Waals surface area contributed by atoms with E-state index in [0.29, 0.717) is 17.9 Å². The van der Waals surface area contributed by atoms with E-state index in [0.717, 1.165) is 22.5 Å². The summed E-state index contributed by atoms with van der Waals surface area (Å²) in [5.41, 5.74) is 7.18. The molecule has 0 saturated heterocycles. The lowest BCUT2D eigenvalue weighted by Crippen LogP contribution is -1.98. The minimum atomic E-state index is -0.592. The SMILES string of the molecule is Cc1ccc2c(Cc3cccc(-c4noc(=O)[nH]4)n3)c(-c3ccccc3)[nH]c2c1. The van der Waals surface area contributed by atoms with Gasteiger partial charge in [0.25, 0.3) is 0 Å². The highest BCUT2D eigenvalue weighted by atomic mass is 16.5. The van der Waals surface area contributed by atoms with Gasteiger partial charge in [-0.1, -0.05) is 53.7 Å². The van der Waals surface area contributed by atoms with Crippen molar-refractivity contribution in [3.8, 4) is 22.8 Å². The zero-order valence-electron chi connectivity index (χ0n) is 15.8. The first-order chi connectivity index (χ1) is 14.2. The molecule has 2 N–H and O–H groups in total. The Labute approximate surface area is 166 Å². The van der Waals surface area contributed by atoms with Gasteiger partial charge in [-0.3, -0.25) is 9.51 Å². The summed E-state index contributed by atoms with van der Waals surface area (Å²) in [5, 5.41) is 4.91. The summed E-state index contributed by atoms with van der Waals surface area (Å²) < 4.78 is 4.60. The molecule has 142 valence electrons. The summed E-state index contributed by atoms with van der Waals surface area (Å²) in [5.74, 6) is -0.264. The fourth-order valence-corrected chi connectivity index (χ4v) is 3.64. The van der Waals surface area contributed by atoms with Gasteiger partial charge in [-0.05, 0) is 41.8 Å². The van der Waals surface area contributed by atoms with Crippen LogP contribution in [0.5, 0.6) is 0 Å². The topological polar surface area (TPSA) is 87.6 Å². The van der Waals surface area contributed by atoms with E-state index in [4.69, 9.17) is 0 Å². The smallest absolute Gasteiger partial charge is 0.354 e. The van der Waals surface area contributed by atoms with Gasteiger partial charge in [0.1, 0.15) is 5.69 Å². The van der Waals surface area contributed by atoms with Crippen LogP contribution >= 0.6 is 0 Å². The molecule has 2 aromatic carbocycles. The Balaban J connectivity index is 1.62. The van der Waals surface area contributed by atoms with E-state index in [1.807, 2.05) is 30.3 Å². The maximum atomic E-state index is 11.3. The third-order valence-corrected chi connectivity index (χ3v) is 4.97. The van der Waals surface area contributed by atoms with E-state index in [1.165, 1.54) is 16.5 Å². The van der Waals surface area contributed by atoms with Crippen molar-refractivity contribution in [3.05, 3.63) is 94.1 Å². The van der Waals surface area contributed by atoms with Crippen LogP contribution in [0.15, 0.2) is 76.0 Å². The summed E-state index contributed by atoms with van der Waals surface area (Å²) in [6.45, 7) is 2.09. The molecular formula is C23H18N4O2. The fourth-order valence-electron chi connectivity index (χ4n) is 3.64. The molecule has 6 heteroatoms. The Bertz CT molecular complexity index is 1360. The van der Waals surface area contributed by atoms with Gasteiger partial charge in [-0.25, -0.2) is 9.78 Å². The Hall–Kier alpha value is -3.93. The van der Waals surface area contributed by atoms with Crippen LogP contribution in [0.2, 0.25) is 0 Å². The first-order valence-electron chi connectivity index (χ1n) is 9.36. The van der Waals surface area contributed by atoms with Crippen LogP contribution in [0, 0.1) is 6.92 Å². The Morgan fingerprint density at radius 2 is 1.83 bits per heavy atom. The maximum absolute atomic E-state index is 11.3. The van der Waals surface area contributed by atoms with Crippen molar-refractivity contribution >= 4 is 10.9 Å². The molecule has 0 amide bonds. The van der Waals surface area contributed by atoms with Crippen molar-refractivity contribution in [2.75, 3.05) is 0 Å². The number of H-pyrrole nitrogens is 2. The van der Waals surface area contributed by atoms with Crippen molar-refractivity contribution in [1.29, 1.82) is 0 Å². The van der Waals surface area contributed by atoms with E-state index in [-0.39, 0.29) is 0 Å². The molecule has 5 aromatic rings. The van der Waals surface area contributed by atoms with Gasteiger partial charge in [0.15, 0.2) is 0 Å². The van der Waals surface area contributed by atoms with E-state index < -0.39 is 5.76 Å². The van der Waals surface area contributed by atoms with Crippen molar-refractivity contribution < 1.29 is 4.52 Å². The normalized spacial score (nSPS) is 11.2. The van der Waals surface area contributed by atoms with Gasteiger partial charge in [-0.2, -0.15) is 0 Å². The number of fused-ring (bicyclic) bond motifs is 1. The lowest BCUT2D eigenvalue weighted by Gasteiger charge is -2.06. The largest absolute Gasteiger partial charge is 0.439 e. The number of nitrogens with zero attached hydrogens (tertiary/aromatic N) is 2.